The maximum atomic E-state index is 11.9. The Labute approximate surface area is 206 Å². The van der Waals surface area contributed by atoms with Crippen LogP contribution in [0.1, 0.15) is 27.0 Å². The van der Waals surface area contributed by atoms with Gasteiger partial charge in [-0.25, -0.2) is 0 Å². The zero-order valence-corrected chi connectivity index (χ0v) is 20.4. The number of nitrogens with one attached hydrogen (secondary N) is 1. The minimum atomic E-state index is -4.73. The second kappa shape index (κ2) is 10.3. The molecule has 0 amide bonds. The van der Waals surface area contributed by atoms with Crippen molar-refractivity contribution in [3.63, 3.8) is 0 Å². The Morgan fingerprint density at radius 2 is 1.64 bits per heavy atom. The van der Waals surface area contributed by atoms with Crippen molar-refractivity contribution in [3.8, 4) is 5.75 Å². The Kier molecular flexibility index (Phi) is 7.64. The van der Waals surface area contributed by atoms with Crippen molar-refractivity contribution in [2.24, 2.45) is 15.3 Å². The number of hydrazone groups is 1. The molecule has 0 saturated heterocycles. The lowest BCUT2D eigenvalue weighted by Crippen LogP contribution is -2.09. The van der Waals surface area contributed by atoms with Crippen LogP contribution in [0.5, 0.6) is 5.75 Å². The average Bonchev–Trinajstić information content (AvgIpc) is 2.80. The number of phenols is 1. The van der Waals surface area contributed by atoms with E-state index < -0.39 is 41.6 Å². The first-order chi connectivity index (χ1) is 16.8. The second-order valence-electron chi connectivity index (χ2n) is 7.51. The molecule has 0 bridgehead atoms. The first-order valence-corrected chi connectivity index (χ1v) is 12.9. The predicted molar refractivity (Wildman–Crippen MR) is 130 cm³/mol. The number of azo groups is 1. The lowest BCUT2D eigenvalue weighted by Gasteiger charge is -2.10. The van der Waals surface area contributed by atoms with Crippen LogP contribution < -0.4 is 5.43 Å². The number of benzene rings is 3. The minimum Gasteiger partial charge on any atom is -0.505 e. The van der Waals surface area contributed by atoms with Gasteiger partial charge in [-0.3, -0.25) is 19.3 Å². The van der Waals surface area contributed by atoms with Gasteiger partial charge in [-0.2, -0.15) is 21.9 Å². The van der Waals surface area contributed by atoms with E-state index in [-0.39, 0.29) is 28.1 Å². The molecule has 0 spiro atoms. The lowest BCUT2D eigenvalue weighted by atomic mass is 10.1. The first-order valence-electron chi connectivity index (χ1n) is 10.0. The highest BCUT2D eigenvalue weighted by Gasteiger charge is 2.20. The SMILES string of the molecule is Cc1ccc(C=O)c(N=NC(=NNc2cc(S(=O)(=O)O)cc(C)c2O)c2ccccc2S(=O)(=O)O)c1. The van der Waals surface area contributed by atoms with Gasteiger partial charge in [0.1, 0.15) is 10.6 Å². The molecule has 188 valence electrons. The molecule has 3 rings (SSSR count). The number of hydrogen-bond acceptors (Lipinski definition) is 9. The maximum absolute atomic E-state index is 11.9. The summed E-state index contributed by atoms with van der Waals surface area (Å²) in [6.45, 7) is 3.14. The van der Waals surface area contributed by atoms with Gasteiger partial charge in [-0.05, 0) is 61.4 Å². The zero-order chi connectivity index (χ0) is 26.7. The van der Waals surface area contributed by atoms with Gasteiger partial charge in [0.05, 0.1) is 16.3 Å². The fourth-order valence-corrected chi connectivity index (χ4v) is 4.33. The topological polar surface area (TPSA) is 195 Å². The highest BCUT2D eigenvalue weighted by molar-refractivity contribution is 7.86. The largest absolute Gasteiger partial charge is 0.505 e. The number of aromatic hydroxyl groups is 1. The van der Waals surface area contributed by atoms with E-state index in [1.807, 2.05) is 0 Å². The summed E-state index contributed by atoms with van der Waals surface area (Å²) in [5.41, 5.74) is 3.10. The Morgan fingerprint density at radius 3 is 2.28 bits per heavy atom. The molecule has 0 aliphatic heterocycles. The van der Waals surface area contributed by atoms with Gasteiger partial charge in [-0.1, -0.05) is 18.2 Å². The quantitative estimate of drug-likeness (QED) is 0.0664. The van der Waals surface area contributed by atoms with Gasteiger partial charge < -0.3 is 5.11 Å². The van der Waals surface area contributed by atoms with E-state index in [1.54, 1.807) is 19.1 Å². The monoisotopic (exact) mass is 532 g/mol. The van der Waals surface area contributed by atoms with E-state index in [0.29, 0.717) is 6.29 Å². The van der Waals surface area contributed by atoms with Crippen molar-refractivity contribution in [1.29, 1.82) is 0 Å². The molecule has 0 radical (unpaired) electrons. The molecule has 0 saturated carbocycles. The number of carbonyl (C=O) groups excluding carboxylic acids is 1. The van der Waals surface area contributed by atoms with Crippen molar-refractivity contribution in [1.82, 2.24) is 0 Å². The third-order valence-corrected chi connectivity index (χ3v) is 6.57. The van der Waals surface area contributed by atoms with E-state index in [0.717, 1.165) is 23.8 Å². The Bertz CT molecular complexity index is 1610. The van der Waals surface area contributed by atoms with E-state index in [1.165, 1.54) is 31.2 Å². The van der Waals surface area contributed by atoms with Gasteiger partial charge in [0.25, 0.3) is 20.2 Å². The Balaban J connectivity index is 2.20. The molecule has 0 aliphatic rings. The molecule has 0 atom stereocenters. The predicted octanol–water partition coefficient (Wildman–Crippen LogP) is 3.87. The first kappa shape index (κ1) is 26.6. The van der Waals surface area contributed by atoms with Crippen LogP contribution in [-0.2, 0) is 20.2 Å². The van der Waals surface area contributed by atoms with E-state index in [4.69, 9.17) is 0 Å². The van der Waals surface area contributed by atoms with E-state index in [2.05, 4.69) is 20.8 Å². The number of hydrogen-bond donors (Lipinski definition) is 4. The molecule has 36 heavy (non-hydrogen) atoms. The highest BCUT2D eigenvalue weighted by atomic mass is 32.2. The van der Waals surface area contributed by atoms with Crippen molar-refractivity contribution < 1.29 is 35.8 Å². The normalized spacial score (nSPS) is 12.6. The van der Waals surface area contributed by atoms with Crippen LogP contribution in [-0.4, -0.2) is 43.2 Å². The smallest absolute Gasteiger partial charge is 0.295 e. The summed E-state index contributed by atoms with van der Waals surface area (Å²) in [6.07, 6.45) is 0.552. The van der Waals surface area contributed by atoms with Gasteiger partial charge >= 0.3 is 0 Å². The molecule has 12 nitrogen and oxygen atoms in total. The van der Waals surface area contributed by atoms with Crippen molar-refractivity contribution in [3.05, 3.63) is 76.9 Å². The lowest BCUT2D eigenvalue weighted by molar-refractivity contribution is 0.112. The molecule has 0 aliphatic carbocycles. The molecular formula is C22H20N4O8S2. The summed E-state index contributed by atoms with van der Waals surface area (Å²) in [5.74, 6) is -0.816. The average molecular weight is 533 g/mol. The number of aryl methyl sites for hydroxylation is 2. The van der Waals surface area contributed by atoms with E-state index >= 15 is 0 Å². The molecule has 0 aromatic heterocycles. The van der Waals surface area contributed by atoms with Crippen LogP contribution >= 0.6 is 0 Å². The van der Waals surface area contributed by atoms with Gasteiger partial charge in [0.15, 0.2) is 6.29 Å². The van der Waals surface area contributed by atoms with Gasteiger partial charge in [0.2, 0.25) is 5.84 Å². The van der Waals surface area contributed by atoms with Crippen LogP contribution in [0.15, 0.2) is 79.7 Å². The van der Waals surface area contributed by atoms with Gasteiger partial charge in [-0.15, -0.1) is 10.2 Å². The summed E-state index contributed by atoms with van der Waals surface area (Å²) in [7, 11) is -9.36. The molecule has 3 aromatic carbocycles. The number of anilines is 1. The Morgan fingerprint density at radius 1 is 0.944 bits per heavy atom. The minimum absolute atomic E-state index is 0.0831. The van der Waals surface area contributed by atoms with Crippen molar-refractivity contribution >= 4 is 43.7 Å². The van der Waals surface area contributed by atoms with Crippen LogP contribution in [0.3, 0.4) is 0 Å². The van der Waals surface area contributed by atoms with Crippen LogP contribution in [0.4, 0.5) is 11.4 Å². The highest BCUT2D eigenvalue weighted by Crippen LogP contribution is 2.31. The molecule has 0 unspecified atom stereocenters. The second-order valence-corrected chi connectivity index (χ2v) is 10.3. The number of nitrogens with zero attached hydrogens (tertiary/aromatic N) is 3. The fourth-order valence-electron chi connectivity index (χ4n) is 3.05. The number of rotatable bonds is 7. The van der Waals surface area contributed by atoms with Gasteiger partial charge in [0, 0.05) is 11.1 Å². The Hall–Kier alpha value is -3.98. The summed E-state index contributed by atoms with van der Waals surface area (Å²) in [5, 5.41) is 22.2. The summed E-state index contributed by atoms with van der Waals surface area (Å²) >= 11 is 0. The molecule has 0 heterocycles. The van der Waals surface area contributed by atoms with Crippen molar-refractivity contribution in [2.45, 2.75) is 23.6 Å². The van der Waals surface area contributed by atoms with E-state index in [9.17, 15) is 35.8 Å². The number of carbonyl (C=O) groups is 1. The summed E-state index contributed by atoms with van der Waals surface area (Å²) < 4.78 is 66.0. The molecule has 4 N–H and O–H groups in total. The summed E-state index contributed by atoms with van der Waals surface area (Å²) in [6, 6.07) is 11.8. The molecule has 14 heteroatoms. The van der Waals surface area contributed by atoms with Crippen LogP contribution in [0.2, 0.25) is 0 Å². The fraction of sp³-hybridized carbons (Fsp3) is 0.0909. The molecule has 0 fully saturated rings. The third-order valence-electron chi connectivity index (χ3n) is 4.83. The number of amidine groups is 1. The standard InChI is InChI=1S/C22H20N4O8S2/c1-13-7-8-15(12-27)18(9-13)23-25-22(17-5-3-4-6-20(17)36(32,33)34)26-24-19-11-16(35(29,30)31)10-14(2)21(19)28/h3-12,24,28H,1-2H3,(H,29,30,31)(H,32,33,34). The number of aldehydes is 1. The summed E-state index contributed by atoms with van der Waals surface area (Å²) in [4.78, 5) is 10.3. The maximum Gasteiger partial charge on any atom is 0.295 e. The van der Waals surface area contributed by atoms with Crippen molar-refractivity contribution in [2.75, 3.05) is 5.43 Å². The molecule has 3 aromatic rings. The van der Waals surface area contributed by atoms with Crippen LogP contribution in [0.25, 0.3) is 0 Å². The zero-order valence-electron chi connectivity index (χ0n) is 18.8. The molecular weight excluding hydrogens is 512 g/mol. The third kappa shape index (κ3) is 6.17. The number of phenolic OH excluding ortho intramolecular Hbond substituents is 1. The van der Waals surface area contributed by atoms with Crippen LogP contribution in [0, 0.1) is 13.8 Å².